The van der Waals surface area contributed by atoms with Crippen LogP contribution in [0.25, 0.3) is 0 Å². The Balaban J connectivity index is 1.85. The van der Waals surface area contributed by atoms with Crippen LogP contribution >= 0.6 is 0 Å². The number of amides is 1. The van der Waals surface area contributed by atoms with E-state index in [1.165, 1.54) is 25.5 Å². The van der Waals surface area contributed by atoms with Crippen molar-refractivity contribution in [3.63, 3.8) is 0 Å². The molecule has 1 aliphatic rings. The van der Waals surface area contributed by atoms with Gasteiger partial charge in [-0.1, -0.05) is 59.7 Å². The molecule has 6 nitrogen and oxygen atoms in total. The number of hydrogen-bond acceptors (Lipinski definition) is 5. The molecule has 0 atom stereocenters. The van der Waals surface area contributed by atoms with E-state index in [0.717, 1.165) is 22.4 Å². The first kappa shape index (κ1) is 21.6. The SMILES string of the molecule is CNC(=O)/C(=N/OC)c1cccc(C)c1CO/N=C(\C)c1ccccc1C1(C)CC1. The normalized spacial score (nSPS) is 15.5. The molecule has 0 radical (unpaired) electrons. The van der Waals surface area contributed by atoms with Crippen LogP contribution in [0.5, 0.6) is 0 Å². The molecule has 1 N–H and O–H groups in total. The summed E-state index contributed by atoms with van der Waals surface area (Å²) < 4.78 is 0. The minimum absolute atomic E-state index is 0.204. The van der Waals surface area contributed by atoms with E-state index in [2.05, 4.69) is 40.8 Å². The molecule has 1 aliphatic carbocycles. The third-order valence-corrected chi connectivity index (χ3v) is 5.67. The van der Waals surface area contributed by atoms with Crippen LogP contribution in [0, 0.1) is 6.92 Å². The first-order valence-electron chi connectivity index (χ1n) is 10.1. The van der Waals surface area contributed by atoms with E-state index in [4.69, 9.17) is 9.68 Å². The van der Waals surface area contributed by atoms with Crippen LogP contribution in [-0.4, -0.2) is 31.5 Å². The van der Waals surface area contributed by atoms with Gasteiger partial charge in [-0.2, -0.15) is 0 Å². The summed E-state index contributed by atoms with van der Waals surface area (Å²) in [5.41, 5.74) is 6.22. The summed E-state index contributed by atoms with van der Waals surface area (Å²) in [6, 6.07) is 14.1. The van der Waals surface area contributed by atoms with Gasteiger partial charge in [0.2, 0.25) is 0 Å². The summed E-state index contributed by atoms with van der Waals surface area (Å²) in [6.45, 7) is 6.44. The molecule has 0 unspecified atom stereocenters. The second-order valence-electron chi connectivity index (χ2n) is 7.86. The average Bonchev–Trinajstić information content (AvgIpc) is 3.51. The second kappa shape index (κ2) is 9.11. The highest BCUT2D eigenvalue weighted by molar-refractivity contribution is 6.45. The van der Waals surface area contributed by atoms with Crippen molar-refractivity contribution in [3.8, 4) is 0 Å². The summed E-state index contributed by atoms with van der Waals surface area (Å²) in [7, 11) is 2.98. The van der Waals surface area contributed by atoms with Crippen molar-refractivity contribution in [2.24, 2.45) is 10.3 Å². The summed E-state index contributed by atoms with van der Waals surface area (Å²) in [6.07, 6.45) is 2.40. The van der Waals surface area contributed by atoms with Gasteiger partial charge in [-0.05, 0) is 43.2 Å². The third-order valence-electron chi connectivity index (χ3n) is 5.67. The molecule has 0 aliphatic heterocycles. The van der Waals surface area contributed by atoms with Crippen molar-refractivity contribution >= 4 is 17.3 Å². The maximum atomic E-state index is 12.3. The number of rotatable bonds is 8. The largest absolute Gasteiger partial charge is 0.398 e. The number of benzene rings is 2. The van der Waals surface area contributed by atoms with E-state index in [-0.39, 0.29) is 23.6 Å². The Morgan fingerprint density at radius 3 is 2.47 bits per heavy atom. The number of carbonyl (C=O) groups excluding carboxylic acids is 1. The van der Waals surface area contributed by atoms with Crippen LogP contribution in [0.4, 0.5) is 0 Å². The molecule has 0 aromatic heterocycles. The molecular formula is C24H29N3O3. The minimum Gasteiger partial charge on any atom is -0.398 e. The van der Waals surface area contributed by atoms with Gasteiger partial charge in [-0.15, -0.1) is 0 Å². The lowest BCUT2D eigenvalue weighted by Crippen LogP contribution is -2.29. The van der Waals surface area contributed by atoms with Crippen molar-refractivity contribution in [3.05, 3.63) is 70.3 Å². The van der Waals surface area contributed by atoms with Crippen molar-refractivity contribution in [1.29, 1.82) is 0 Å². The molecular weight excluding hydrogens is 378 g/mol. The van der Waals surface area contributed by atoms with Gasteiger partial charge in [-0.25, -0.2) is 0 Å². The lowest BCUT2D eigenvalue weighted by atomic mass is 9.91. The monoisotopic (exact) mass is 407 g/mol. The molecule has 0 bridgehead atoms. The molecule has 1 amide bonds. The number of oxime groups is 2. The van der Waals surface area contributed by atoms with Gasteiger partial charge >= 0.3 is 0 Å². The van der Waals surface area contributed by atoms with E-state index < -0.39 is 0 Å². The molecule has 3 rings (SSSR count). The Bertz CT molecular complexity index is 991. The maximum Gasteiger partial charge on any atom is 0.273 e. The number of hydrogen-bond donors (Lipinski definition) is 1. The molecule has 1 saturated carbocycles. The fraction of sp³-hybridized carbons (Fsp3) is 0.375. The van der Waals surface area contributed by atoms with Gasteiger partial charge < -0.3 is 15.0 Å². The Morgan fingerprint density at radius 1 is 1.10 bits per heavy atom. The number of nitrogens with zero attached hydrogens (tertiary/aromatic N) is 2. The van der Waals surface area contributed by atoms with Gasteiger partial charge in [0.1, 0.15) is 13.7 Å². The lowest BCUT2D eigenvalue weighted by Gasteiger charge is -2.15. The quantitative estimate of drug-likeness (QED) is 0.529. The minimum atomic E-state index is -0.324. The highest BCUT2D eigenvalue weighted by atomic mass is 16.6. The van der Waals surface area contributed by atoms with Gasteiger partial charge in [0, 0.05) is 23.7 Å². The van der Waals surface area contributed by atoms with Crippen molar-refractivity contribution in [2.45, 2.75) is 45.6 Å². The number of carbonyl (C=O) groups is 1. The molecule has 158 valence electrons. The predicted octanol–water partition coefficient (Wildman–Crippen LogP) is 4.08. The van der Waals surface area contributed by atoms with Crippen molar-refractivity contribution < 1.29 is 14.5 Å². The number of nitrogens with one attached hydrogen (secondary N) is 1. The summed E-state index contributed by atoms with van der Waals surface area (Å²) >= 11 is 0. The van der Waals surface area contributed by atoms with E-state index in [1.807, 2.05) is 38.1 Å². The zero-order chi connectivity index (χ0) is 21.7. The van der Waals surface area contributed by atoms with E-state index in [0.29, 0.717) is 5.56 Å². The molecule has 2 aromatic rings. The maximum absolute atomic E-state index is 12.3. The summed E-state index contributed by atoms with van der Waals surface area (Å²) in [5.74, 6) is -0.324. The second-order valence-corrected chi connectivity index (χ2v) is 7.86. The van der Waals surface area contributed by atoms with E-state index in [1.54, 1.807) is 7.05 Å². The number of likely N-dealkylation sites (N-methyl/N-ethyl adjacent to an activating group) is 1. The smallest absolute Gasteiger partial charge is 0.273 e. The highest BCUT2D eigenvalue weighted by Gasteiger charge is 2.40. The van der Waals surface area contributed by atoms with E-state index in [9.17, 15) is 4.79 Å². The van der Waals surface area contributed by atoms with Crippen LogP contribution in [0.2, 0.25) is 0 Å². The first-order valence-corrected chi connectivity index (χ1v) is 10.1. The summed E-state index contributed by atoms with van der Waals surface area (Å²) in [4.78, 5) is 22.9. The van der Waals surface area contributed by atoms with Crippen molar-refractivity contribution in [1.82, 2.24) is 5.32 Å². The Hall–Kier alpha value is -3.15. The van der Waals surface area contributed by atoms with Crippen LogP contribution in [-0.2, 0) is 26.5 Å². The topological polar surface area (TPSA) is 72.3 Å². The average molecular weight is 408 g/mol. The molecule has 6 heteroatoms. The van der Waals surface area contributed by atoms with Gasteiger partial charge in [0.05, 0.1) is 5.71 Å². The van der Waals surface area contributed by atoms with Crippen LogP contribution in [0.3, 0.4) is 0 Å². The molecule has 0 spiro atoms. The fourth-order valence-electron chi connectivity index (χ4n) is 3.56. The first-order chi connectivity index (χ1) is 14.4. The van der Waals surface area contributed by atoms with Gasteiger partial charge in [0.25, 0.3) is 5.91 Å². The molecule has 30 heavy (non-hydrogen) atoms. The Morgan fingerprint density at radius 2 is 1.80 bits per heavy atom. The van der Waals surface area contributed by atoms with Crippen LogP contribution < -0.4 is 5.32 Å². The summed E-state index contributed by atoms with van der Waals surface area (Å²) in [5, 5.41) is 10.9. The molecule has 2 aromatic carbocycles. The van der Waals surface area contributed by atoms with Crippen molar-refractivity contribution in [2.75, 3.05) is 14.2 Å². The predicted molar refractivity (Wildman–Crippen MR) is 119 cm³/mol. The zero-order valence-corrected chi connectivity index (χ0v) is 18.3. The third kappa shape index (κ3) is 4.53. The zero-order valence-electron chi connectivity index (χ0n) is 18.3. The van der Waals surface area contributed by atoms with E-state index >= 15 is 0 Å². The standard InChI is InChI=1S/C24H29N3O3/c1-16-9-8-11-19(22(27-29-5)23(28)25-4)20(16)15-30-26-17(2)18-10-6-7-12-21(18)24(3)13-14-24/h6-12H,13-15H2,1-5H3,(H,25,28)/b26-17+,27-22+. The fourth-order valence-corrected chi connectivity index (χ4v) is 3.56. The molecule has 0 heterocycles. The van der Waals surface area contributed by atoms with Crippen LogP contribution in [0.1, 0.15) is 54.5 Å². The highest BCUT2D eigenvalue weighted by Crippen LogP contribution is 2.48. The lowest BCUT2D eigenvalue weighted by molar-refractivity contribution is -0.114. The Kier molecular flexibility index (Phi) is 6.55. The number of aryl methyl sites for hydroxylation is 1. The van der Waals surface area contributed by atoms with Crippen LogP contribution in [0.15, 0.2) is 52.8 Å². The van der Waals surface area contributed by atoms with Gasteiger partial charge in [0.15, 0.2) is 5.71 Å². The Labute approximate surface area is 177 Å². The molecule has 0 saturated heterocycles. The molecule has 1 fully saturated rings. The van der Waals surface area contributed by atoms with Gasteiger partial charge in [-0.3, -0.25) is 4.79 Å².